The molecule has 0 aromatic carbocycles. The van der Waals surface area contributed by atoms with E-state index in [1.807, 2.05) is 19.1 Å². The first-order valence-corrected chi connectivity index (χ1v) is 11.8. The number of carbonyl (C=O) groups is 1. The molecule has 5 heterocycles. The summed E-state index contributed by atoms with van der Waals surface area (Å²) < 4.78 is 7.37. The standard InChI is InChI=1S/C23H22N4O3S2/c1-15-7-5-11-26-19(15)24-20(25-9-3-2-4-10-25)17(21(26)28)13-18-22(29)27(23(31)32-18)14-16-8-6-12-30-16/h5-8,11-13H,2-4,9-10,14H2,1H3. The summed E-state index contributed by atoms with van der Waals surface area (Å²) in [6.45, 7) is 3.90. The summed E-state index contributed by atoms with van der Waals surface area (Å²) in [6, 6.07) is 7.36. The van der Waals surface area contributed by atoms with Gasteiger partial charge in [-0.15, -0.1) is 0 Å². The summed E-state index contributed by atoms with van der Waals surface area (Å²) in [6.07, 6.45) is 8.23. The third-order valence-electron chi connectivity index (χ3n) is 5.76. The van der Waals surface area contributed by atoms with E-state index in [0.717, 1.165) is 31.5 Å². The average molecular weight is 467 g/mol. The van der Waals surface area contributed by atoms with Gasteiger partial charge in [-0.1, -0.05) is 30.0 Å². The van der Waals surface area contributed by atoms with Crippen LogP contribution in [-0.2, 0) is 11.3 Å². The van der Waals surface area contributed by atoms with E-state index in [-0.39, 0.29) is 18.0 Å². The topological polar surface area (TPSA) is 71.1 Å². The fourth-order valence-electron chi connectivity index (χ4n) is 4.10. The molecule has 0 unspecified atom stereocenters. The smallest absolute Gasteiger partial charge is 0.267 e. The lowest BCUT2D eigenvalue weighted by atomic mass is 10.1. The van der Waals surface area contributed by atoms with Crippen LogP contribution in [0.25, 0.3) is 11.7 Å². The minimum absolute atomic E-state index is 0.185. The monoisotopic (exact) mass is 466 g/mol. The van der Waals surface area contributed by atoms with Crippen molar-refractivity contribution in [1.29, 1.82) is 0 Å². The number of thiocarbonyl (C=S) groups is 1. The minimum Gasteiger partial charge on any atom is -0.467 e. The van der Waals surface area contributed by atoms with Crippen LogP contribution in [0.4, 0.5) is 5.82 Å². The second kappa shape index (κ2) is 8.55. The third kappa shape index (κ3) is 3.75. The Bertz CT molecular complexity index is 1290. The third-order valence-corrected chi connectivity index (χ3v) is 7.14. The Morgan fingerprint density at radius 3 is 2.75 bits per heavy atom. The van der Waals surface area contributed by atoms with Crippen LogP contribution in [0.5, 0.6) is 0 Å². The highest BCUT2D eigenvalue weighted by atomic mass is 32.2. The van der Waals surface area contributed by atoms with Crippen LogP contribution in [0, 0.1) is 6.92 Å². The van der Waals surface area contributed by atoms with Crippen molar-refractivity contribution in [2.45, 2.75) is 32.7 Å². The van der Waals surface area contributed by atoms with E-state index in [1.165, 1.54) is 23.1 Å². The molecule has 2 aliphatic rings. The van der Waals surface area contributed by atoms with Crippen molar-refractivity contribution in [2.24, 2.45) is 0 Å². The van der Waals surface area contributed by atoms with Crippen LogP contribution in [0.15, 0.2) is 50.8 Å². The molecule has 32 heavy (non-hydrogen) atoms. The van der Waals surface area contributed by atoms with Gasteiger partial charge in [-0.3, -0.25) is 18.9 Å². The Morgan fingerprint density at radius 1 is 1.19 bits per heavy atom. The Hall–Kier alpha value is -2.91. The second-order valence-electron chi connectivity index (χ2n) is 7.93. The largest absolute Gasteiger partial charge is 0.467 e. The molecule has 0 N–H and O–H groups in total. The molecule has 3 aromatic rings. The van der Waals surface area contributed by atoms with Crippen LogP contribution in [0.1, 0.15) is 36.1 Å². The van der Waals surface area contributed by atoms with Crippen LogP contribution in [0.3, 0.4) is 0 Å². The van der Waals surface area contributed by atoms with Gasteiger partial charge in [0.15, 0.2) is 0 Å². The molecule has 9 heteroatoms. The second-order valence-corrected chi connectivity index (χ2v) is 9.61. The molecule has 5 rings (SSSR count). The van der Waals surface area contributed by atoms with Crippen molar-refractivity contribution in [2.75, 3.05) is 18.0 Å². The fourth-order valence-corrected chi connectivity index (χ4v) is 5.34. The van der Waals surface area contributed by atoms with Crippen molar-refractivity contribution in [1.82, 2.24) is 14.3 Å². The van der Waals surface area contributed by atoms with Gasteiger partial charge in [0.2, 0.25) is 0 Å². The number of aryl methyl sites for hydroxylation is 1. The van der Waals surface area contributed by atoms with Gasteiger partial charge in [0, 0.05) is 19.3 Å². The van der Waals surface area contributed by atoms with E-state index in [0.29, 0.717) is 32.0 Å². The molecule has 0 saturated carbocycles. The first-order valence-electron chi connectivity index (χ1n) is 10.6. The molecule has 0 aliphatic carbocycles. The molecule has 2 fully saturated rings. The summed E-state index contributed by atoms with van der Waals surface area (Å²) in [5.41, 5.74) is 1.81. The number of amides is 1. The summed E-state index contributed by atoms with van der Waals surface area (Å²) in [7, 11) is 0. The molecule has 0 bridgehead atoms. The number of pyridine rings is 1. The Labute approximate surface area is 194 Å². The average Bonchev–Trinajstić information content (AvgIpc) is 3.41. The van der Waals surface area contributed by atoms with Crippen molar-refractivity contribution in [3.8, 4) is 0 Å². The van der Waals surface area contributed by atoms with E-state index >= 15 is 0 Å². The van der Waals surface area contributed by atoms with Gasteiger partial charge in [0.1, 0.15) is 21.5 Å². The molecule has 7 nitrogen and oxygen atoms in total. The van der Waals surface area contributed by atoms with E-state index in [9.17, 15) is 9.59 Å². The number of hydrogen-bond donors (Lipinski definition) is 0. The highest BCUT2D eigenvalue weighted by Crippen LogP contribution is 2.35. The SMILES string of the molecule is Cc1cccn2c(=O)c(C=C3SC(=S)N(Cc4ccco4)C3=O)c(N3CCCCC3)nc12. The van der Waals surface area contributed by atoms with Crippen LogP contribution < -0.4 is 10.5 Å². The number of furan rings is 1. The van der Waals surface area contributed by atoms with Crippen molar-refractivity contribution in [3.63, 3.8) is 0 Å². The van der Waals surface area contributed by atoms with Gasteiger partial charge in [-0.2, -0.15) is 0 Å². The zero-order valence-corrected chi connectivity index (χ0v) is 19.2. The van der Waals surface area contributed by atoms with Crippen LogP contribution >= 0.6 is 24.0 Å². The molecular formula is C23H22N4O3S2. The number of piperidine rings is 1. The molecule has 0 atom stereocenters. The van der Waals surface area contributed by atoms with E-state index < -0.39 is 0 Å². The van der Waals surface area contributed by atoms with Gasteiger partial charge in [0.25, 0.3) is 11.5 Å². The molecule has 0 radical (unpaired) electrons. The summed E-state index contributed by atoms with van der Waals surface area (Å²) in [5, 5.41) is 0. The Morgan fingerprint density at radius 2 is 2.00 bits per heavy atom. The molecule has 3 aromatic heterocycles. The predicted molar refractivity (Wildman–Crippen MR) is 130 cm³/mol. The van der Waals surface area contributed by atoms with E-state index in [2.05, 4.69) is 4.90 Å². The quantitative estimate of drug-likeness (QED) is 0.425. The van der Waals surface area contributed by atoms with Gasteiger partial charge in [-0.05, 0) is 56.0 Å². The maximum atomic E-state index is 13.5. The molecule has 0 spiro atoms. The van der Waals surface area contributed by atoms with Crippen molar-refractivity contribution in [3.05, 3.63) is 68.9 Å². The zero-order chi connectivity index (χ0) is 22.2. The normalized spacial score (nSPS) is 18.3. The molecular weight excluding hydrogens is 444 g/mol. The predicted octanol–water partition coefficient (Wildman–Crippen LogP) is 3.99. The summed E-state index contributed by atoms with van der Waals surface area (Å²) in [4.78, 5) is 35.6. The lowest BCUT2D eigenvalue weighted by molar-refractivity contribution is -0.122. The Kier molecular flexibility index (Phi) is 5.60. The highest BCUT2D eigenvalue weighted by Gasteiger charge is 2.33. The minimum atomic E-state index is -0.227. The lowest BCUT2D eigenvalue weighted by Crippen LogP contribution is -2.33. The molecule has 2 aliphatic heterocycles. The summed E-state index contributed by atoms with van der Waals surface area (Å²) >= 11 is 6.65. The number of aromatic nitrogens is 2. The van der Waals surface area contributed by atoms with Gasteiger partial charge >= 0.3 is 0 Å². The number of anilines is 1. The Balaban J connectivity index is 1.60. The number of nitrogens with zero attached hydrogens (tertiary/aromatic N) is 4. The number of carbonyl (C=O) groups excluding carboxylic acids is 1. The number of fused-ring (bicyclic) bond motifs is 1. The molecule has 2 saturated heterocycles. The highest BCUT2D eigenvalue weighted by molar-refractivity contribution is 8.26. The lowest BCUT2D eigenvalue weighted by Gasteiger charge is -2.29. The van der Waals surface area contributed by atoms with Gasteiger partial charge in [0.05, 0.1) is 23.3 Å². The van der Waals surface area contributed by atoms with Gasteiger partial charge in [-0.25, -0.2) is 4.98 Å². The zero-order valence-electron chi connectivity index (χ0n) is 17.6. The van der Waals surface area contributed by atoms with E-state index in [1.54, 1.807) is 35.1 Å². The first-order chi connectivity index (χ1) is 15.5. The van der Waals surface area contributed by atoms with Crippen molar-refractivity contribution >= 4 is 51.7 Å². The molecule has 164 valence electrons. The number of hydrogen-bond acceptors (Lipinski definition) is 7. The number of rotatable bonds is 4. The fraction of sp³-hybridized carbons (Fsp3) is 0.304. The first kappa shape index (κ1) is 21.0. The van der Waals surface area contributed by atoms with Gasteiger partial charge < -0.3 is 9.32 Å². The van der Waals surface area contributed by atoms with Crippen LogP contribution in [-0.4, -0.2) is 37.6 Å². The van der Waals surface area contributed by atoms with Crippen molar-refractivity contribution < 1.29 is 9.21 Å². The maximum Gasteiger partial charge on any atom is 0.267 e. The summed E-state index contributed by atoms with van der Waals surface area (Å²) in [5.74, 6) is 1.06. The van der Waals surface area contributed by atoms with Crippen LogP contribution in [0.2, 0.25) is 0 Å². The molecule has 1 amide bonds. The number of thioether (sulfide) groups is 1. The maximum absolute atomic E-state index is 13.5. The van der Waals surface area contributed by atoms with E-state index in [4.69, 9.17) is 21.6 Å².